The Hall–Kier alpha value is -0.470. The third-order valence-corrected chi connectivity index (χ3v) is 3.30. The number of aryl methyl sites for hydroxylation is 1. The van der Waals surface area contributed by atoms with E-state index in [1.165, 1.54) is 0 Å². The average Bonchev–Trinajstić information content (AvgIpc) is 2.00. The molecule has 3 nitrogen and oxygen atoms in total. The second-order valence-electron chi connectivity index (χ2n) is 4.84. The van der Waals surface area contributed by atoms with Crippen LogP contribution in [0, 0.1) is 6.92 Å². The molecule has 0 aromatic heterocycles. The predicted molar refractivity (Wildman–Crippen MR) is 63.1 cm³/mol. The first-order valence-electron chi connectivity index (χ1n) is 4.81. The Morgan fingerprint density at radius 1 is 1.07 bits per heavy atom. The minimum atomic E-state index is -3.93. The fourth-order valence-corrected chi connectivity index (χ4v) is 2.63. The first-order valence-corrected chi connectivity index (χ1v) is 6.46. The fraction of sp³-hybridized carbons (Fsp3) is 0.455. The zero-order valence-electron chi connectivity index (χ0n) is 9.52. The van der Waals surface area contributed by atoms with E-state index in [0.29, 0.717) is 0 Å². The van der Waals surface area contributed by atoms with E-state index in [1.54, 1.807) is 6.07 Å². The first-order chi connectivity index (χ1) is 6.62. The lowest BCUT2D eigenvalue weighted by molar-refractivity contribution is 0.346. The Bertz CT molecular complexity index is 361. The minimum Gasteiger partial charge on any atom is -0.189 e. The van der Waals surface area contributed by atoms with Gasteiger partial charge in [-0.15, -0.1) is 0 Å². The summed E-state index contributed by atoms with van der Waals surface area (Å²) in [6, 6.07) is 5.37. The molecule has 0 aliphatic rings. The molecule has 0 fully saturated rings. The van der Waals surface area contributed by atoms with Gasteiger partial charge in [0.05, 0.1) is 0 Å². The van der Waals surface area contributed by atoms with Crippen LogP contribution in [0.1, 0.15) is 31.9 Å². The third kappa shape index (κ3) is 2.99. The van der Waals surface area contributed by atoms with Crippen molar-refractivity contribution in [2.75, 3.05) is 0 Å². The van der Waals surface area contributed by atoms with E-state index in [4.69, 9.17) is 0 Å². The second-order valence-corrected chi connectivity index (χ2v) is 6.46. The van der Waals surface area contributed by atoms with E-state index in [9.17, 15) is 14.7 Å². The van der Waals surface area contributed by atoms with E-state index in [0.717, 1.165) is 11.1 Å². The summed E-state index contributed by atoms with van der Waals surface area (Å²) >= 11 is 0. The summed E-state index contributed by atoms with van der Waals surface area (Å²) < 4.78 is 0. The molecule has 0 aliphatic heterocycles. The lowest BCUT2D eigenvalue weighted by atomic mass is 9.86. The lowest BCUT2D eigenvalue weighted by Gasteiger charge is -2.22. The highest BCUT2D eigenvalue weighted by atomic mass is 31.2. The summed E-state index contributed by atoms with van der Waals surface area (Å²) in [5.41, 5.74) is 1.45. The van der Waals surface area contributed by atoms with Gasteiger partial charge in [0.2, 0.25) is 0 Å². The summed E-state index contributed by atoms with van der Waals surface area (Å²) in [4.78, 5) is 28.1. The van der Waals surface area contributed by atoms with Crippen molar-refractivity contribution in [2.45, 2.75) is 33.1 Å². The van der Waals surface area contributed by atoms with Gasteiger partial charge >= 0.3 is 7.94 Å². The van der Waals surface area contributed by atoms with E-state index in [-0.39, 0.29) is 10.7 Å². The maximum Gasteiger partial charge on any atom is 0.441 e. The zero-order valence-corrected chi connectivity index (χ0v) is 10.4. The molecule has 15 heavy (non-hydrogen) atoms. The van der Waals surface area contributed by atoms with Crippen LogP contribution >= 0.6 is 7.94 Å². The molecule has 0 atom stereocenters. The lowest BCUT2D eigenvalue weighted by Crippen LogP contribution is -2.25. The molecule has 0 radical (unpaired) electrons. The van der Waals surface area contributed by atoms with E-state index in [2.05, 4.69) is 0 Å². The summed E-state index contributed by atoms with van der Waals surface area (Å²) in [6.45, 7) is 7.76. The summed E-state index contributed by atoms with van der Waals surface area (Å²) in [5, 5.41) is 0.259. The largest absolute Gasteiger partial charge is 0.441 e. The number of hydrogen-bond acceptors (Lipinski definition) is 3. The number of hydrogen-bond donors (Lipinski definition) is 3. The molecule has 0 amide bonds. The van der Waals surface area contributed by atoms with Crippen molar-refractivity contribution in [1.82, 2.24) is 0 Å². The molecule has 3 N–H and O–H groups in total. The van der Waals surface area contributed by atoms with Crippen molar-refractivity contribution in [3.63, 3.8) is 0 Å². The normalized spacial score (nSPS) is 13.0. The fourth-order valence-electron chi connectivity index (χ4n) is 1.52. The van der Waals surface area contributed by atoms with Crippen molar-refractivity contribution in [3.05, 3.63) is 29.3 Å². The molecule has 84 valence electrons. The van der Waals surface area contributed by atoms with Gasteiger partial charge in [-0.25, -0.2) is 0 Å². The monoisotopic (exact) mass is 229 g/mol. The molecule has 1 aromatic carbocycles. The van der Waals surface area contributed by atoms with Crippen LogP contribution in [0.2, 0.25) is 0 Å². The standard InChI is InChI=1S/C11H18O3P/c1-8-5-6-9(11(2,3)4)10(7-8)15(12,13)14/h5-7,12-14H,1-4H3/q+1. The van der Waals surface area contributed by atoms with Gasteiger partial charge < -0.3 is 0 Å². The number of rotatable bonds is 1. The molecule has 1 rings (SSSR count). The van der Waals surface area contributed by atoms with Crippen LogP contribution in [0.3, 0.4) is 0 Å². The van der Waals surface area contributed by atoms with Crippen molar-refractivity contribution in [3.8, 4) is 0 Å². The van der Waals surface area contributed by atoms with Gasteiger partial charge in [0, 0.05) is 5.56 Å². The highest BCUT2D eigenvalue weighted by Gasteiger charge is 2.39. The van der Waals surface area contributed by atoms with Crippen molar-refractivity contribution in [2.24, 2.45) is 0 Å². The molecule has 0 saturated heterocycles. The smallest absolute Gasteiger partial charge is 0.189 e. The molecule has 0 bridgehead atoms. The molecular formula is C11H18O3P+. The van der Waals surface area contributed by atoms with Crippen LogP contribution in [-0.4, -0.2) is 14.7 Å². The van der Waals surface area contributed by atoms with Gasteiger partial charge in [0.25, 0.3) is 0 Å². The maximum absolute atomic E-state index is 9.38. The van der Waals surface area contributed by atoms with Crippen LogP contribution in [-0.2, 0) is 5.41 Å². The van der Waals surface area contributed by atoms with Gasteiger partial charge in [-0.05, 0) is 24.0 Å². The number of benzene rings is 1. The van der Waals surface area contributed by atoms with E-state index >= 15 is 0 Å². The van der Waals surface area contributed by atoms with E-state index < -0.39 is 7.94 Å². The molecule has 0 saturated carbocycles. The highest BCUT2D eigenvalue weighted by Crippen LogP contribution is 2.46. The average molecular weight is 229 g/mol. The van der Waals surface area contributed by atoms with Gasteiger partial charge in [0.1, 0.15) is 0 Å². The zero-order chi connectivity index (χ0) is 11.9. The summed E-state index contributed by atoms with van der Waals surface area (Å²) in [7, 11) is -3.93. The van der Waals surface area contributed by atoms with Crippen molar-refractivity contribution < 1.29 is 14.7 Å². The maximum atomic E-state index is 9.38. The highest BCUT2D eigenvalue weighted by molar-refractivity contribution is 7.66. The van der Waals surface area contributed by atoms with Gasteiger partial charge in [-0.1, -0.05) is 32.9 Å². The molecule has 0 spiro atoms. The Morgan fingerprint density at radius 3 is 2.00 bits per heavy atom. The van der Waals surface area contributed by atoms with Crippen molar-refractivity contribution in [1.29, 1.82) is 0 Å². The SMILES string of the molecule is Cc1ccc(C(C)(C)C)c([P+](O)(O)O)c1. The van der Waals surface area contributed by atoms with Crippen LogP contribution in [0.5, 0.6) is 0 Å². The van der Waals surface area contributed by atoms with Gasteiger partial charge in [-0.2, -0.15) is 14.7 Å². The van der Waals surface area contributed by atoms with Crippen molar-refractivity contribution >= 4 is 13.2 Å². The van der Waals surface area contributed by atoms with E-state index in [1.807, 2.05) is 39.8 Å². The Kier molecular flexibility index (Phi) is 3.22. The first kappa shape index (κ1) is 12.6. The van der Waals surface area contributed by atoms with Crippen LogP contribution in [0.15, 0.2) is 18.2 Å². The van der Waals surface area contributed by atoms with Crippen LogP contribution in [0.4, 0.5) is 0 Å². The topological polar surface area (TPSA) is 60.7 Å². The molecule has 0 aliphatic carbocycles. The summed E-state index contributed by atoms with van der Waals surface area (Å²) in [5.74, 6) is 0. The molecule has 0 unspecified atom stereocenters. The molecular weight excluding hydrogens is 211 g/mol. The quantitative estimate of drug-likeness (QED) is 0.642. The second kappa shape index (κ2) is 3.84. The minimum absolute atomic E-state index is 0.220. The molecule has 0 heterocycles. The Morgan fingerprint density at radius 2 is 1.60 bits per heavy atom. The predicted octanol–water partition coefficient (Wildman–Crippen LogP) is 1.66. The van der Waals surface area contributed by atoms with Crippen LogP contribution in [0.25, 0.3) is 0 Å². The Labute approximate surface area is 91.0 Å². The molecule has 1 aromatic rings. The Balaban J connectivity index is 3.41. The van der Waals surface area contributed by atoms with Gasteiger partial charge in [0.15, 0.2) is 5.30 Å². The van der Waals surface area contributed by atoms with Crippen LogP contribution < -0.4 is 5.30 Å². The van der Waals surface area contributed by atoms with Gasteiger partial charge in [-0.3, -0.25) is 0 Å². The third-order valence-electron chi connectivity index (χ3n) is 2.28. The molecule has 4 heteroatoms. The summed E-state index contributed by atoms with van der Waals surface area (Å²) in [6.07, 6.45) is 0.